The number of thiophene rings is 1. The van der Waals surface area contributed by atoms with Crippen molar-refractivity contribution >= 4 is 34.5 Å². The summed E-state index contributed by atoms with van der Waals surface area (Å²) in [5.74, 6) is -0.479. The maximum absolute atomic E-state index is 13.5. The molecule has 1 fully saturated rings. The highest BCUT2D eigenvalue weighted by molar-refractivity contribution is 7.10. The summed E-state index contributed by atoms with van der Waals surface area (Å²) in [6.07, 6.45) is 2.31. The maximum Gasteiger partial charge on any atom is 0.229 e. The standard InChI is InChI=1S/C24H22N6O2S/c1-16-7-9-18(10-8-16)30-22(31)12-11-20(23(30)21-6-3-13-33-21)24(32)26-17-4-2-5-19(14-17)29-15-25-27-28-29/h2-10,13-15,20,23H,11-12H2,1H3,(H,26,32)/t20-,23-/m0/s1. The zero-order valence-electron chi connectivity index (χ0n) is 18.0. The van der Waals surface area contributed by atoms with E-state index in [4.69, 9.17) is 0 Å². The van der Waals surface area contributed by atoms with Crippen LogP contribution in [0.2, 0.25) is 0 Å². The summed E-state index contributed by atoms with van der Waals surface area (Å²) in [5, 5.41) is 16.2. The minimum Gasteiger partial charge on any atom is -0.326 e. The molecule has 4 aromatic rings. The lowest BCUT2D eigenvalue weighted by Crippen LogP contribution is -2.46. The highest BCUT2D eigenvalue weighted by atomic mass is 32.1. The molecule has 2 amide bonds. The molecule has 3 heterocycles. The number of rotatable bonds is 5. The molecule has 0 unspecified atom stereocenters. The molecule has 8 nitrogen and oxygen atoms in total. The van der Waals surface area contributed by atoms with E-state index < -0.39 is 0 Å². The van der Waals surface area contributed by atoms with Gasteiger partial charge in [-0.25, -0.2) is 4.68 Å². The number of tetrazole rings is 1. The Labute approximate surface area is 194 Å². The monoisotopic (exact) mass is 458 g/mol. The van der Waals surface area contributed by atoms with Gasteiger partial charge >= 0.3 is 0 Å². The highest BCUT2D eigenvalue weighted by Gasteiger charge is 2.42. The number of carbonyl (C=O) groups excluding carboxylic acids is 2. The second-order valence-electron chi connectivity index (χ2n) is 8.00. The molecule has 166 valence electrons. The average molecular weight is 459 g/mol. The van der Waals surface area contributed by atoms with Gasteiger partial charge in [0.15, 0.2) is 0 Å². The van der Waals surface area contributed by atoms with Crippen LogP contribution in [0.25, 0.3) is 5.69 Å². The van der Waals surface area contributed by atoms with Gasteiger partial charge in [0.2, 0.25) is 11.8 Å². The van der Waals surface area contributed by atoms with E-state index in [9.17, 15) is 9.59 Å². The molecule has 2 aromatic heterocycles. The van der Waals surface area contributed by atoms with E-state index in [1.807, 2.05) is 73.0 Å². The Kier molecular flexibility index (Phi) is 5.70. The Balaban J connectivity index is 1.46. The van der Waals surface area contributed by atoms with Crippen molar-refractivity contribution in [2.45, 2.75) is 25.8 Å². The third-order valence-electron chi connectivity index (χ3n) is 5.81. The van der Waals surface area contributed by atoms with Crippen molar-refractivity contribution < 1.29 is 9.59 Å². The number of nitrogens with zero attached hydrogens (tertiary/aromatic N) is 5. The van der Waals surface area contributed by atoms with Crippen LogP contribution < -0.4 is 10.2 Å². The van der Waals surface area contributed by atoms with Crippen LogP contribution in [0.1, 0.15) is 29.3 Å². The van der Waals surface area contributed by atoms with Gasteiger partial charge in [0.05, 0.1) is 17.6 Å². The fourth-order valence-corrected chi connectivity index (χ4v) is 5.08. The van der Waals surface area contributed by atoms with Gasteiger partial charge in [-0.3, -0.25) is 9.59 Å². The van der Waals surface area contributed by atoms with Crippen molar-refractivity contribution in [3.63, 3.8) is 0 Å². The Morgan fingerprint density at radius 2 is 1.94 bits per heavy atom. The zero-order chi connectivity index (χ0) is 22.8. The van der Waals surface area contributed by atoms with Gasteiger partial charge in [-0.15, -0.1) is 16.4 Å². The topological polar surface area (TPSA) is 93.0 Å². The van der Waals surface area contributed by atoms with Crippen LogP contribution in [0.3, 0.4) is 0 Å². The molecule has 1 aliphatic rings. The second-order valence-corrected chi connectivity index (χ2v) is 8.98. The fraction of sp³-hybridized carbons (Fsp3) is 0.208. The lowest BCUT2D eigenvalue weighted by atomic mass is 9.86. The van der Waals surface area contributed by atoms with Gasteiger partial charge in [-0.1, -0.05) is 29.8 Å². The fourth-order valence-electron chi connectivity index (χ4n) is 4.20. The lowest BCUT2D eigenvalue weighted by Gasteiger charge is -2.40. The summed E-state index contributed by atoms with van der Waals surface area (Å²) in [6.45, 7) is 2.01. The first kappa shape index (κ1) is 21.0. The molecule has 1 saturated heterocycles. The molecule has 5 rings (SSSR count). The number of hydrogen-bond donors (Lipinski definition) is 1. The van der Waals surface area contributed by atoms with Crippen LogP contribution in [0, 0.1) is 12.8 Å². The number of benzene rings is 2. The molecule has 0 spiro atoms. The normalized spacial score (nSPS) is 18.3. The maximum atomic E-state index is 13.5. The molecule has 2 atom stereocenters. The van der Waals surface area contributed by atoms with E-state index >= 15 is 0 Å². The molecule has 0 saturated carbocycles. The van der Waals surface area contributed by atoms with Gasteiger partial charge in [-0.2, -0.15) is 0 Å². The average Bonchev–Trinajstić information content (AvgIpc) is 3.54. The number of anilines is 2. The quantitative estimate of drug-likeness (QED) is 0.485. The van der Waals surface area contributed by atoms with E-state index in [2.05, 4.69) is 20.8 Å². The third kappa shape index (κ3) is 4.27. The predicted molar refractivity (Wildman–Crippen MR) is 126 cm³/mol. The molecular weight excluding hydrogens is 436 g/mol. The van der Waals surface area contributed by atoms with Crippen molar-refractivity contribution in [2.75, 3.05) is 10.2 Å². The van der Waals surface area contributed by atoms with Crippen LogP contribution in [0.15, 0.2) is 72.4 Å². The lowest BCUT2D eigenvalue weighted by molar-refractivity contribution is -0.125. The Morgan fingerprint density at radius 3 is 2.67 bits per heavy atom. The first-order valence-corrected chi connectivity index (χ1v) is 11.5. The Morgan fingerprint density at radius 1 is 1.09 bits per heavy atom. The molecule has 33 heavy (non-hydrogen) atoms. The van der Waals surface area contributed by atoms with Crippen molar-refractivity contribution in [3.8, 4) is 5.69 Å². The van der Waals surface area contributed by atoms with E-state index in [0.717, 1.165) is 21.8 Å². The van der Waals surface area contributed by atoms with Crippen molar-refractivity contribution in [2.24, 2.45) is 5.92 Å². The third-order valence-corrected chi connectivity index (χ3v) is 6.75. The number of piperidine rings is 1. The number of aromatic nitrogens is 4. The Bertz CT molecular complexity index is 1250. The molecule has 9 heteroatoms. The molecule has 1 aliphatic heterocycles. The van der Waals surface area contributed by atoms with Gasteiger partial charge < -0.3 is 10.2 Å². The first-order chi connectivity index (χ1) is 16.1. The highest BCUT2D eigenvalue weighted by Crippen LogP contribution is 2.42. The number of aryl methyl sites for hydroxylation is 1. The summed E-state index contributed by atoms with van der Waals surface area (Å²) in [4.78, 5) is 29.4. The number of hydrogen-bond acceptors (Lipinski definition) is 6. The molecule has 1 N–H and O–H groups in total. The molecule has 0 bridgehead atoms. The van der Waals surface area contributed by atoms with Crippen molar-refractivity contribution in [1.29, 1.82) is 0 Å². The molecule has 2 aromatic carbocycles. The van der Waals surface area contributed by atoms with Crippen molar-refractivity contribution in [3.05, 3.63) is 82.8 Å². The van der Waals surface area contributed by atoms with E-state index in [1.165, 1.54) is 11.0 Å². The van der Waals surface area contributed by atoms with Gasteiger partial charge in [0.1, 0.15) is 6.33 Å². The van der Waals surface area contributed by atoms with Gasteiger partial charge in [0, 0.05) is 22.7 Å². The number of amides is 2. The molecular formula is C24H22N6O2S. The zero-order valence-corrected chi connectivity index (χ0v) is 18.8. The predicted octanol–water partition coefficient (Wildman–Crippen LogP) is 4.16. The minimum atomic E-state index is -0.389. The summed E-state index contributed by atoms with van der Waals surface area (Å²) >= 11 is 1.56. The van der Waals surface area contributed by atoms with Crippen molar-refractivity contribution in [1.82, 2.24) is 20.2 Å². The largest absolute Gasteiger partial charge is 0.326 e. The van der Waals surface area contributed by atoms with Crippen LogP contribution in [0.4, 0.5) is 11.4 Å². The summed E-state index contributed by atoms with van der Waals surface area (Å²) in [7, 11) is 0. The number of carbonyl (C=O) groups is 2. The SMILES string of the molecule is Cc1ccc(N2C(=O)CC[C@H](C(=O)Nc3cccc(-n4cnnn4)c3)[C@H]2c2cccs2)cc1. The molecule has 0 radical (unpaired) electrons. The number of nitrogens with one attached hydrogen (secondary N) is 1. The molecule has 0 aliphatic carbocycles. The summed E-state index contributed by atoms with van der Waals surface area (Å²) < 4.78 is 1.53. The van der Waals surface area contributed by atoms with Crippen LogP contribution in [-0.4, -0.2) is 32.0 Å². The smallest absolute Gasteiger partial charge is 0.229 e. The van der Waals surface area contributed by atoms with E-state index in [-0.39, 0.29) is 23.8 Å². The summed E-state index contributed by atoms with van der Waals surface area (Å²) in [6, 6.07) is 18.8. The van der Waals surface area contributed by atoms with E-state index in [1.54, 1.807) is 16.2 Å². The Hall–Kier alpha value is -3.85. The van der Waals surface area contributed by atoms with Crippen LogP contribution >= 0.6 is 11.3 Å². The van der Waals surface area contributed by atoms with Gasteiger partial charge in [0.25, 0.3) is 0 Å². The van der Waals surface area contributed by atoms with Crippen LogP contribution in [-0.2, 0) is 9.59 Å². The van der Waals surface area contributed by atoms with Crippen LogP contribution in [0.5, 0.6) is 0 Å². The minimum absolute atomic E-state index is 0.0296. The first-order valence-electron chi connectivity index (χ1n) is 10.7. The van der Waals surface area contributed by atoms with Gasteiger partial charge in [-0.05, 0) is 65.5 Å². The summed E-state index contributed by atoms with van der Waals surface area (Å²) in [5.41, 5.74) is 3.32. The second kappa shape index (κ2) is 8.95. The van der Waals surface area contributed by atoms with E-state index in [0.29, 0.717) is 18.5 Å².